The van der Waals surface area contributed by atoms with Gasteiger partial charge in [-0.3, -0.25) is 4.99 Å². The van der Waals surface area contributed by atoms with Crippen LogP contribution in [0.4, 0.5) is 0 Å². The summed E-state index contributed by atoms with van der Waals surface area (Å²) in [6, 6.07) is 3.97. The minimum absolute atomic E-state index is 0. The molecule has 0 aromatic carbocycles. The predicted octanol–water partition coefficient (Wildman–Crippen LogP) is 4.37. The van der Waals surface area contributed by atoms with Crippen molar-refractivity contribution in [1.82, 2.24) is 10.6 Å². The maximum absolute atomic E-state index is 5.42. The third-order valence-corrected chi connectivity index (χ3v) is 5.89. The van der Waals surface area contributed by atoms with Crippen LogP contribution in [-0.4, -0.2) is 39.3 Å². The van der Waals surface area contributed by atoms with Crippen LogP contribution in [0.5, 0.6) is 0 Å². The van der Waals surface area contributed by atoms with E-state index < -0.39 is 0 Å². The molecule has 154 valence electrons. The van der Waals surface area contributed by atoms with E-state index >= 15 is 0 Å². The van der Waals surface area contributed by atoms with Crippen LogP contribution in [0, 0.1) is 11.3 Å². The largest absolute Gasteiger partial charge is 0.469 e. The molecule has 6 heteroatoms. The zero-order valence-corrected chi connectivity index (χ0v) is 19.0. The number of furan rings is 1. The Morgan fingerprint density at radius 1 is 1.26 bits per heavy atom. The van der Waals surface area contributed by atoms with Gasteiger partial charge in [0.25, 0.3) is 0 Å². The summed E-state index contributed by atoms with van der Waals surface area (Å²) in [6.45, 7) is 3.62. The van der Waals surface area contributed by atoms with Gasteiger partial charge in [-0.05, 0) is 55.6 Å². The number of halogens is 1. The first-order valence-electron chi connectivity index (χ1n) is 10.3. The minimum Gasteiger partial charge on any atom is -0.469 e. The van der Waals surface area contributed by atoms with Gasteiger partial charge >= 0.3 is 0 Å². The molecule has 2 aliphatic rings. The van der Waals surface area contributed by atoms with E-state index in [0.29, 0.717) is 5.41 Å². The molecule has 2 aliphatic carbocycles. The van der Waals surface area contributed by atoms with Gasteiger partial charge in [-0.25, -0.2) is 0 Å². The number of methoxy groups -OCH3 is 1. The number of aliphatic imine (C=N–C) groups is 1. The summed E-state index contributed by atoms with van der Waals surface area (Å²) < 4.78 is 10.7. The molecule has 2 N–H and O–H groups in total. The first-order chi connectivity index (χ1) is 12.8. The predicted molar refractivity (Wildman–Crippen MR) is 121 cm³/mol. The van der Waals surface area contributed by atoms with Crippen LogP contribution in [0.15, 0.2) is 27.8 Å². The van der Waals surface area contributed by atoms with Gasteiger partial charge in [0.2, 0.25) is 0 Å². The van der Waals surface area contributed by atoms with Crippen LogP contribution in [-0.2, 0) is 11.2 Å². The summed E-state index contributed by atoms with van der Waals surface area (Å²) in [7, 11) is 1.78. The molecule has 0 amide bonds. The maximum Gasteiger partial charge on any atom is 0.191 e. The number of ether oxygens (including phenoxy) is 1. The van der Waals surface area contributed by atoms with E-state index in [9.17, 15) is 0 Å². The molecule has 27 heavy (non-hydrogen) atoms. The highest BCUT2D eigenvalue weighted by molar-refractivity contribution is 14.0. The zero-order valence-electron chi connectivity index (χ0n) is 16.7. The Bertz CT molecular complexity index is 538. The highest BCUT2D eigenvalue weighted by Crippen LogP contribution is 2.48. The van der Waals surface area contributed by atoms with Gasteiger partial charge in [0.05, 0.1) is 6.26 Å². The third kappa shape index (κ3) is 8.02. The molecule has 0 atom stereocenters. The van der Waals surface area contributed by atoms with Crippen molar-refractivity contribution in [2.24, 2.45) is 16.3 Å². The first-order valence-corrected chi connectivity index (χ1v) is 10.3. The van der Waals surface area contributed by atoms with E-state index in [1.165, 1.54) is 44.9 Å². The Morgan fingerprint density at radius 2 is 2.07 bits per heavy atom. The van der Waals surface area contributed by atoms with Gasteiger partial charge in [0.1, 0.15) is 5.76 Å². The normalized spacial score (nSPS) is 19.4. The van der Waals surface area contributed by atoms with Gasteiger partial charge in [-0.2, -0.15) is 0 Å². The number of rotatable bonds is 10. The second-order valence-electron chi connectivity index (χ2n) is 8.05. The highest BCUT2D eigenvalue weighted by Gasteiger charge is 2.41. The lowest BCUT2D eigenvalue weighted by molar-refractivity contribution is 0.174. The zero-order chi connectivity index (χ0) is 18.1. The molecule has 0 bridgehead atoms. The van der Waals surface area contributed by atoms with E-state index in [2.05, 4.69) is 10.6 Å². The summed E-state index contributed by atoms with van der Waals surface area (Å²) in [5, 5.41) is 7.10. The molecule has 0 radical (unpaired) electrons. The molecule has 0 saturated heterocycles. The third-order valence-electron chi connectivity index (χ3n) is 5.89. The quantitative estimate of drug-likeness (QED) is 0.291. The van der Waals surface area contributed by atoms with Crippen LogP contribution in [0.2, 0.25) is 0 Å². The molecule has 1 heterocycles. The second-order valence-corrected chi connectivity index (χ2v) is 8.05. The molecule has 2 fully saturated rings. The summed E-state index contributed by atoms with van der Waals surface area (Å²) in [6.07, 6.45) is 13.2. The number of nitrogens with zero attached hydrogens (tertiary/aromatic N) is 1. The number of hydrogen-bond acceptors (Lipinski definition) is 3. The average molecular weight is 489 g/mol. The SMILES string of the molecule is COCCC1(CN=C(NCCc2ccco2)NCC2CCCCC2)CC1.I. The van der Waals surface area contributed by atoms with E-state index in [-0.39, 0.29) is 24.0 Å². The summed E-state index contributed by atoms with van der Waals surface area (Å²) in [5.74, 6) is 2.78. The van der Waals surface area contributed by atoms with Crippen LogP contribution in [0.3, 0.4) is 0 Å². The van der Waals surface area contributed by atoms with Crippen molar-refractivity contribution in [1.29, 1.82) is 0 Å². The van der Waals surface area contributed by atoms with Crippen molar-refractivity contribution in [2.75, 3.05) is 33.4 Å². The fourth-order valence-electron chi connectivity index (χ4n) is 3.79. The first kappa shape index (κ1) is 22.5. The standard InChI is InChI=1S/C21H35N3O2.HI/c1-25-15-12-21(10-11-21)17-24-20(22-13-9-19-8-5-14-26-19)23-16-18-6-3-2-4-7-18;/h5,8,14,18H,2-4,6-7,9-13,15-17H2,1H3,(H2,22,23,24);1H. The van der Waals surface area contributed by atoms with Crippen LogP contribution in [0.25, 0.3) is 0 Å². The van der Waals surface area contributed by atoms with E-state index in [1.54, 1.807) is 13.4 Å². The van der Waals surface area contributed by atoms with Crippen molar-refractivity contribution >= 4 is 29.9 Å². The van der Waals surface area contributed by atoms with Crippen LogP contribution in [0.1, 0.15) is 57.1 Å². The minimum atomic E-state index is 0. The smallest absolute Gasteiger partial charge is 0.191 e. The van der Waals surface area contributed by atoms with Gasteiger partial charge in [0.15, 0.2) is 5.96 Å². The maximum atomic E-state index is 5.42. The van der Waals surface area contributed by atoms with Crippen molar-refractivity contribution in [2.45, 2.75) is 57.8 Å². The van der Waals surface area contributed by atoms with E-state index in [4.69, 9.17) is 14.1 Å². The Labute approximate surface area is 181 Å². The van der Waals surface area contributed by atoms with Crippen LogP contribution >= 0.6 is 24.0 Å². The molecule has 3 rings (SSSR count). The Morgan fingerprint density at radius 3 is 2.74 bits per heavy atom. The fourth-order valence-corrected chi connectivity index (χ4v) is 3.79. The van der Waals surface area contributed by atoms with E-state index in [0.717, 1.165) is 56.7 Å². The van der Waals surface area contributed by atoms with Crippen molar-refractivity contribution in [3.05, 3.63) is 24.2 Å². The molecule has 1 aromatic rings. The van der Waals surface area contributed by atoms with Gasteiger partial charge in [-0.1, -0.05) is 19.3 Å². The van der Waals surface area contributed by atoms with Gasteiger partial charge in [-0.15, -0.1) is 24.0 Å². The fraction of sp³-hybridized carbons (Fsp3) is 0.762. The highest BCUT2D eigenvalue weighted by atomic mass is 127. The molecular weight excluding hydrogens is 453 g/mol. The number of hydrogen-bond donors (Lipinski definition) is 2. The molecule has 0 unspecified atom stereocenters. The molecule has 1 aromatic heterocycles. The van der Waals surface area contributed by atoms with Crippen LogP contribution < -0.4 is 10.6 Å². The molecule has 2 saturated carbocycles. The molecule has 0 spiro atoms. The lowest BCUT2D eigenvalue weighted by Gasteiger charge is -2.23. The lowest BCUT2D eigenvalue weighted by atomic mass is 9.89. The molecule has 5 nitrogen and oxygen atoms in total. The number of guanidine groups is 1. The van der Waals surface area contributed by atoms with Gasteiger partial charge in [0, 0.05) is 39.8 Å². The van der Waals surface area contributed by atoms with Crippen molar-refractivity contribution in [3.8, 4) is 0 Å². The summed E-state index contributed by atoms with van der Waals surface area (Å²) in [5.41, 5.74) is 0.385. The molecule has 0 aliphatic heterocycles. The summed E-state index contributed by atoms with van der Waals surface area (Å²) >= 11 is 0. The monoisotopic (exact) mass is 489 g/mol. The summed E-state index contributed by atoms with van der Waals surface area (Å²) in [4.78, 5) is 4.92. The van der Waals surface area contributed by atoms with E-state index in [1.807, 2.05) is 12.1 Å². The van der Waals surface area contributed by atoms with Crippen molar-refractivity contribution < 1.29 is 9.15 Å². The average Bonchev–Trinajstić information content (AvgIpc) is 3.26. The topological polar surface area (TPSA) is 58.8 Å². The van der Waals surface area contributed by atoms with Crippen molar-refractivity contribution in [3.63, 3.8) is 0 Å². The number of nitrogens with one attached hydrogen (secondary N) is 2. The second kappa shape index (κ2) is 11.9. The Kier molecular flexibility index (Phi) is 9.96. The molecular formula is C21H36IN3O2. The van der Waals surface area contributed by atoms with Gasteiger partial charge < -0.3 is 19.8 Å². The Hall–Kier alpha value is -0.760. The lowest BCUT2D eigenvalue weighted by Crippen LogP contribution is -2.41. The Balaban J connectivity index is 0.00000261.